The van der Waals surface area contributed by atoms with E-state index in [9.17, 15) is 13.2 Å². The summed E-state index contributed by atoms with van der Waals surface area (Å²) >= 11 is 0. The summed E-state index contributed by atoms with van der Waals surface area (Å²) in [5.74, 6) is -1.17. The Kier molecular flexibility index (Phi) is 4.36. The molecule has 0 amide bonds. The molecule has 1 aromatic carbocycles. The molecule has 0 saturated heterocycles. The van der Waals surface area contributed by atoms with E-state index in [2.05, 4.69) is 0 Å². The fourth-order valence-corrected chi connectivity index (χ4v) is 2.16. The van der Waals surface area contributed by atoms with Gasteiger partial charge in [0.15, 0.2) is 0 Å². The molecule has 0 radical (unpaired) electrons. The number of carboxylic acid groups (broad SMARTS) is 1. The fourth-order valence-electron chi connectivity index (χ4n) is 1.16. The van der Waals surface area contributed by atoms with Crippen molar-refractivity contribution in [1.29, 1.82) is 0 Å². The maximum absolute atomic E-state index is 11.3. The predicted molar refractivity (Wildman–Crippen MR) is 62.2 cm³/mol. The molecule has 0 aromatic heterocycles. The third-order valence-electron chi connectivity index (χ3n) is 1.92. The smallest absolute Gasteiger partial charge is 0.335 e. The molecule has 0 aliphatic rings. The molecule has 0 aliphatic heterocycles. The molecule has 0 fully saturated rings. The lowest BCUT2D eigenvalue weighted by atomic mass is 10.2. The van der Waals surface area contributed by atoms with Crippen LogP contribution in [-0.4, -0.2) is 26.1 Å². The minimum atomic E-state index is -4.04. The first-order valence-electron chi connectivity index (χ1n) is 4.81. The van der Waals surface area contributed by atoms with Crippen LogP contribution in [-0.2, 0) is 9.05 Å². The zero-order valence-electron chi connectivity index (χ0n) is 9.01. The molecule has 0 bridgehead atoms. The van der Waals surface area contributed by atoms with E-state index in [4.69, 9.17) is 20.5 Å². The van der Waals surface area contributed by atoms with Crippen molar-refractivity contribution in [3.8, 4) is 5.75 Å². The minimum Gasteiger partial charge on any atom is -0.492 e. The molecule has 7 heteroatoms. The summed E-state index contributed by atoms with van der Waals surface area (Å²) in [7, 11) is 1.18. The highest BCUT2D eigenvalue weighted by molar-refractivity contribution is 8.13. The lowest BCUT2D eigenvalue weighted by Crippen LogP contribution is -2.04. The van der Waals surface area contributed by atoms with E-state index in [1.807, 2.05) is 6.92 Å². The van der Waals surface area contributed by atoms with Crippen molar-refractivity contribution in [1.82, 2.24) is 0 Å². The standard InChI is InChI=1S/C10H11ClO5S/c1-2-5-16-8-4-3-7(10(12)13)6-9(8)17(11,14)15/h3-4,6H,2,5H2,1H3,(H,12,13). The van der Waals surface area contributed by atoms with Crippen molar-refractivity contribution < 1.29 is 23.1 Å². The number of aromatic carboxylic acids is 1. The minimum absolute atomic E-state index is 0.0619. The number of ether oxygens (including phenoxy) is 1. The summed E-state index contributed by atoms with van der Waals surface area (Å²) < 4.78 is 27.8. The zero-order chi connectivity index (χ0) is 13.1. The molecule has 94 valence electrons. The molecular formula is C10H11ClO5S. The lowest BCUT2D eigenvalue weighted by molar-refractivity contribution is 0.0696. The lowest BCUT2D eigenvalue weighted by Gasteiger charge is -2.09. The number of carboxylic acids is 1. The largest absolute Gasteiger partial charge is 0.492 e. The van der Waals surface area contributed by atoms with Gasteiger partial charge in [0.2, 0.25) is 0 Å². The van der Waals surface area contributed by atoms with Crippen LogP contribution in [0.25, 0.3) is 0 Å². The molecule has 1 aromatic rings. The molecule has 1 N–H and O–H groups in total. The molecule has 0 aliphatic carbocycles. The van der Waals surface area contributed by atoms with E-state index < -0.39 is 15.0 Å². The Bertz CT molecular complexity index is 523. The van der Waals surface area contributed by atoms with Crippen LogP contribution in [0.4, 0.5) is 0 Å². The van der Waals surface area contributed by atoms with Gasteiger partial charge in [-0.3, -0.25) is 0 Å². The Balaban J connectivity index is 3.27. The molecule has 0 heterocycles. The van der Waals surface area contributed by atoms with Gasteiger partial charge >= 0.3 is 5.97 Å². The fraction of sp³-hybridized carbons (Fsp3) is 0.300. The van der Waals surface area contributed by atoms with Crippen molar-refractivity contribution in [2.24, 2.45) is 0 Å². The summed E-state index contributed by atoms with van der Waals surface area (Å²) in [6.07, 6.45) is 0.697. The van der Waals surface area contributed by atoms with Gasteiger partial charge in [0.05, 0.1) is 12.2 Å². The van der Waals surface area contributed by atoms with Gasteiger partial charge in [-0.15, -0.1) is 0 Å². The topological polar surface area (TPSA) is 80.7 Å². The van der Waals surface area contributed by atoms with Gasteiger partial charge in [-0.25, -0.2) is 13.2 Å². The van der Waals surface area contributed by atoms with Crippen molar-refractivity contribution in [3.63, 3.8) is 0 Å². The first-order chi connectivity index (χ1) is 7.86. The average molecular weight is 279 g/mol. The van der Waals surface area contributed by atoms with Crippen LogP contribution in [0.1, 0.15) is 23.7 Å². The zero-order valence-corrected chi connectivity index (χ0v) is 10.6. The number of hydrogen-bond acceptors (Lipinski definition) is 4. The Morgan fingerprint density at radius 2 is 2.12 bits per heavy atom. The van der Waals surface area contributed by atoms with Crippen LogP contribution >= 0.6 is 10.7 Å². The Morgan fingerprint density at radius 1 is 1.47 bits per heavy atom. The van der Waals surface area contributed by atoms with Crippen molar-refractivity contribution in [3.05, 3.63) is 23.8 Å². The quantitative estimate of drug-likeness (QED) is 0.834. The highest BCUT2D eigenvalue weighted by Gasteiger charge is 2.19. The number of hydrogen-bond donors (Lipinski definition) is 1. The first-order valence-corrected chi connectivity index (χ1v) is 7.12. The highest BCUT2D eigenvalue weighted by atomic mass is 35.7. The third kappa shape index (κ3) is 3.61. The third-order valence-corrected chi connectivity index (χ3v) is 3.26. The van der Waals surface area contributed by atoms with Crippen molar-refractivity contribution >= 4 is 25.7 Å². The van der Waals surface area contributed by atoms with Crippen LogP contribution in [0, 0.1) is 0 Å². The second kappa shape index (κ2) is 5.37. The van der Waals surface area contributed by atoms with E-state index in [1.54, 1.807) is 0 Å². The molecule has 0 spiro atoms. The van der Waals surface area contributed by atoms with Gasteiger partial charge in [0, 0.05) is 10.7 Å². The number of rotatable bonds is 5. The highest BCUT2D eigenvalue weighted by Crippen LogP contribution is 2.28. The maximum atomic E-state index is 11.3. The van der Waals surface area contributed by atoms with E-state index in [0.717, 1.165) is 6.07 Å². The first kappa shape index (κ1) is 13.8. The number of carbonyl (C=O) groups is 1. The molecule has 1 rings (SSSR count). The van der Waals surface area contributed by atoms with Gasteiger partial charge in [-0.05, 0) is 24.6 Å². The number of benzene rings is 1. The van der Waals surface area contributed by atoms with E-state index in [0.29, 0.717) is 13.0 Å². The van der Waals surface area contributed by atoms with Crippen molar-refractivity contribution in [2.45, 2.75) is 18.2 Å². The molecule has 0 atom stereocenters. The Labute approximate surface area is 103 Å². The van der Waals surface area contributed by atoms with E-state index in [1.165, 1.54) is 12.1 Å². The molecular weight excluding hydrogens is 268 g/mol. The van der Waals surface area contributed by atoms with Gasteiger partial charge in [-0.2, -0.15) is 0 Å². The normalized spacial score (nSPS) is 11.2. The van der Waals surface area contributed by atoms with Crippen LogP contribution in [0.3, 0.4) is 0 Å². The van der Waals surface area contributed by atoms with Crippen LogP contribution in [0.2, 0.25) is 0 Å². The second-order valence-electron chi connectivity index (χ2n) is 3.25. The SMILES string of the molecule is CCCOc1ccc(C(=O)O)cc1S(=O)(=O)Cl. The molecule has 0 saturated carbocycles. The molecule has 5 nitrogen and oxygen atoms in total. The predicted octanol–water partition coefficient (Wildman–Crippen LogP) is 2.10. The van der Waals surface area contributed by atoms with Gasteiger partial charge in [0.1, 0.15) is 10.6 Å². The van der Waals surface area contributed by atoms with Gasteiger partial charge in [-0.1, -0.05) is 6.92 Å². The average Bonchev–Trinajstić information content (AvgIpc) is 2.24. The van der Waals surface area contributed by atoms with Crippen molar-refractivity contribution in [2.75, 3.05) is 6.61 Å². The van der Waals surface area contributed by atoms with E-state index >= 15 is 0 Å². The summed E-state index contributed by atoms with van der Waals surface area (Å²) in [6, 6.07) is 3.53. The summed E-state index contributed by atoms with van der Waals surface area (Å²) in [4.78, 5) is 10.4. The molecule has 17 heavy (non-hydrogen) atoms. The summed E-state index contributed by atoms with van der Waals surface area (Å²) in [6.45, 7) is 2.19. The molecule has 0 unspecified atom stereocenters. The summed E-state index contributed by atoms with van der Waals surface area (Å²) in [5, 5.41) is 8.76. The summed E-state index contributed by atoms with van der Waals surface area (Å²) in [5.41, 5.74) is -0.159. The monoisotopic (exact) mass is 278 g/mol. The maximum Gasteiger partial charge on any atom is 0.335 e. The van der Waals surface area contributed by atoms with Crippen LogP contribution in [0.15, 0.2) is 23.1 Å². The van der Waals surface area contributed by atoms with Crippen LogP contribution < -0.4 is 4.74 Å². The number of halogens is 1. The van der Waals surface area contributed by atoms with E-state index in [-0.39, 0.29) is 16.2 Å². The Morgan fingerprint density at radius 3 is 2.59 bits per heavy atom. The Hall–Kier alpha value is -1.27. The van der Waals surface area contributed by atoms with Crippen LogP contribution in [0.5, 0.6) is 5.75 Å². The second-order valence-corrected chi connectivity index (χ2v) is 5.79. The van der Waals surface area contributed by atoms with Gasteiger partial charge < -0.3 is 9.84 Å². The van der Waals surface area contributed by atoms with Gasteiger partial charge in [0.25, 0.3) is 9.05 Å².